The van der Waals surface area contributed by atoms with Crippen LogP contribution in [0.3, 0.4) is 0 Å². The van der Waals surface area contributed by atoms with Crippen molar-refractivity contribution >= 4 is 51.1 Å². The summed E-state index contributed by atoms with van der Waals surface area (Å²) in [6, 6.07) is 3.86. The van der Waals surface area contributed by atoms with Gasteiger partial charge in [0.2, 0.25) is 0 Å². The molecular formula is C9H11I2N3O. The van der Waals surface area contributed by atoms with Crippen LogP contribution >= 0.6 is 45.2 Å². The van der Waals surface area contributed by atoms with Gasteiger partial charge in [-0.3, -0.25) is 4.99 Å². The van der Waals surface area contributed by atoms with Crippen molar-refractivity contribution in [1.82, 2.24) is 0 Å². The van der Waals surface area contributed by atoms with Gasteiger partial charge in [0, 0.05) is 6.54 Å². The zero-order valence-corrected chi connectivity index (χ0v) is 12.2. The largest absolute Gasteiger partial charge is 0.506 e. The van der Waals surface area contributed by atoms with Gasteiger partial charge >= 0.3 is 0 Å². The molecule has 82 valence electrons. The summed E-state index contributed by atoms with van der Waals surface area (Å²) in [5.74, 6) is 0.444. The van der Waals surface area contributed by atoms with Crippen LogP contribution in [-0.2, 0) is 6.42 Å². The maximum absolute atomic E-state index is 9.56. The van der Waals surface area contributed by atoms with Gasteiger partial charge in [0.05, 0.1) is 7.14 Å². The summed E-state index contributed by atoms with van der Waals surface area (Å²) < 4.78 is 1.69. The molecule has 0 radical (unpaired) electrons. The molecule has 1 rings (SSSR count). The Morgan fingerprint density at radius 1 is 1.27 bits per heavy atom. The number of aromatic hydroxyl groups is 1. The maximum Gasteiger partial charge on any atom is 0.185 e. The lowest BCUT2D eigenvalue weighted by Crippen LogP contribution is -2.23. The number of nitrogens with two attached hydrogens (primary N) is 2. The molecule has 0 spiro atoms. The van der Waals surface area contributed by atoms with Gasteiger partial charge in [0.15, 0.2) is 5.96 Å². The molecule has 6 heteroatoms. The second-order valence-electron chi connectivity index (χ2n) is 2.96. The fraction of sp³-hybridized carbons (Fsp3) is 0.222. The lowest BCUT2D eigenvalue weighted by molar-refractivity contribution is 0.467. The minimum atomic E-state index is 0.109. The number of rotatable bonds is 3. The summed E-state index contributed by atoms with van der Waals surface area (Å²) in [4.78, 5) is 3.91. The first kappa shape index (κ1) is 12.8. The summed E-state index contributed by atoms with van der Waals surface area (Å²) >= 11 is 4.20. The van der Waals surface area contributed by atoms with Crippen LogP contribution < -0.4 is 11.5 Å². The van der Waals surface area contributed by atoms with Gasteiger partial charge in [-0.2, -0.15) is 0 Å². The van der Waals surface area contributed by atoms with Crippen molar-refractivity contribution in [1.29, 1.82) is 0 Å². The van der Waals surface area contributed by atoms with Crippen LogP contribution in [-0.4, -0.2) is 17.6 Å². The van der Waals surface area contributed by atoms with Crippen molar-refractivity contribution < 1.29 is 5.11 Å². The fourth-order valence-electron chi connectivity index (χ4n) is 1.08. The van der Waals surface area contributed by atoms with Crippen LogP contribution in [0.1, 0.15) is 5.56 Å². The zero-order chi connectivity index (χ0) is 11.4. The summed E-state index contributed by atoms with van der Waals surface area (Å²) in [6.07, 6.45) is 0.768. The Hall–Kier alpha value is -0.250. The van der Waals surface area contributed by atoms with E-state index in [0.717, 1.165) is 19.1 Å². The third-order valence-corrected chi connectivity index (χ3v) is 3.42. The van der Waals surface area contributed by atoms with Crippen molar-refractivity contribution in [2.24, 2.45) is 16.5 Å². The molecule has 15 heavy (non-hydrogen) atoms. The summed E-state index contributed by atoms with van der Waals surface area (Å²) in [5, 5.41) is 9.56. The number of hydrogen-bond donors (Lipinski definition) is 3. The summed E-state index contributed by atoms with van der Waals surface area (Å²) in [6.45, 7) is 0.569. The Morgan fingerprint density at radius 3 is 2.27 bits per heavy atom. The van der Waals surface area contributed by atoms with Crippen LogP contribution in [0, 0.1) is 7.14 Å². The molecule has 0 aliphatic carbocycles. The Bertz CT molecular complexity index is 366. The Labute approximate surface area is 115 Å². The molecule has 0 saturated carbocycles. The molecule has 0 fully saturated rings. The van der Waals surface area contributed by atoms with Gasteiger partial charge in [0.25, 0.3) is 0 Å². The van der Waals surface area contributed by atoms with Crippen LogP contribution in [0.25, 0.3) is 0 Å². The van der Waals surface area contributed by atoms with Crippen LogP contribution in [0.5, 0.6) is 5.75 Å². The van der Waals surface area contributed by atoms with Crippen molar-refractivity contribution in [2.45, 2.75) is 6.42 Å². The monoisotopic (exact) mass is 431 g/mol. The Kier molecular flexibility index (Phi) is 4.90. The van der Waals surface area contributed by atoms with Gasteiger partial charge in [-0.1, -0.05) is 0 Å². The van der Waals surface area contributed by atoms with E-state index in [9.17, 15) is 5.11 Å². The molecule has 1 aromatic rings. The highest BCUT2D eigenvalue weighted by Gasteiger charge is 2.05. The van der Waals surface area contributed by atoms with E-state index in [1.54, 1.807) is 0 Å². The van der Waals surface area contributed by atoms with Gasteiger partial charge in [0.1, 0.15) is 5.75 Å². The number of nitrogens with zero attached hydrogens (tertiary/aromatic N) is 1. The van der Waals surface area contributed by atoms with Crippen molar-refractivity contribution in [3.05, 3.63) is 24.8 Å². The minimum absolute atomic E-state index is 0.109. The molecule has 0 heterocycles. The average molecular weight is 431 g/mol. The van der Waals surface area contributed by atoms with Crippen molar-refractivity contribution in [2.75, 3.05) is 6.54 Å². The highest BCUT2D eigenvalue weighted by atomic mass is 127. The first-order chi connectivity index (χ1) is 7.00. The molecule has 0 amide bonds. The second kappa shape index (κ2) is 5.73. The predicted molar refractivity (Wildman–Crippen MR) is 77.9 cm³/mol. The summed E-state index contributed by atoms with van der Waals surface area (Å²) in [5.41, 5.74) is 11.6. The number of hydrogen-bond acceptors (Lipinski definition) is 2. The molecule has 0 atom stereocenters. The highest BCUT2D eigenvalue weighted by Crippen LogP contribution is 2.27. The fourth-order valence-corrected chi connectivity index (χ4v) is 2.97. The molecule has 0 saturated heterocycles. The molecule has 0 aromatic heterocycles. The minimum Gasteiger partial charge on any atom is -0.506 e. The summed E-state index contributed by atoms with van der Waals surface area (Å²) in [7, 11) is 0. The number of guanidine groups is 1. The van der Waals surface area contributed by atoms with E-state index in [-0.39, 0.29) is 5.96 Å². The van der Waals surface area contributed by atoms with Gasteiger partial charge < -0.3 is 16.6 Å². The van der Waals surface area contributed by atoms with Gasteiger partial charge in [-0.05, 0) is 69.3 Å². The van der Waals surface area contributed by atoms with Gasteiger partial charge in [-0.15, -0.1) is 0 Å². The molecule has 1 aromatic carbocycles. The van der Waals surface area contributed by atoms with Gasteiger partial charge in [-0.25, -0.2) is 0 Å². The van der Waals surface area contributed by atoms with E-state index >= 15 is 0 Å². The lowest BCUT2D eigenvalue weighted by atomic mass is 10.1. The maximum atomic E-state index is 9.56. The number of benzene rings is 1. The van der Waals surface area contributed by atoms with E-state index in [2.05, 4.69) is 50.2 Å². The lowest BCUT2D eigenvalue weighted by Gasteiger charge is -2.04. The van der Waals surface area contributed by atoms with E-state index in [1.807, 2.05) is 12.1 Å². The molecule has 0 aliphatic heterocycles. The smallest absolute Gasteiger partial charge is 0.185 e. The number of aliphatic imine (C=N–C) groups is 1. The second-order valence-corrected chi connectivity index (χ2v) is 5.29. The third kappa shape index (κ3) is 4.01. The topological polar surface area (TPSA) is 84.6 Å². The normalized spacial score (nSPS) is 10.0. The number of halogens is 2. The molecule has 0 bridgehead atoms. The molecule has 0 unspecified atom stereocenters. The number of phenols is 1. The quantitative estimate of drug-likeness (QED) is 0.385. The van der Waals surface area contributed by atoms with Crippen molar-refractivity contribution in [3.8, 4) is 5.75 Å². The van der Waals surface area contributed by atoms with Crippen LogP contribution in [0.2, 0.25) is 0 Å². The molecule has 0 aliphatic rings. The van der Waals surface area contributed by atoms with E-state index in [4.69, 9.17) is 11.5 Å². The molecular weight excluding hydrogens is 420 g/mol. The highest BCUT2D eigenvalue weighted by molar-refractivity contribution is 14.1. The zero-order valence-electron chi connectivity index (χ0n) is 7.87. The van der Waals surface area contributed by atoms with Crippen LogP contribution in [0.4, 0.5) is 0 Å². The van der Waals surface area contributed by atoms with Crippen LogP contribution in [0.15, 0.2) is 17.1 Å². The number of phenolic OH excluding ortho intramolecular Hbond substituents is 1. The molecule has 5 N–H and O–H groups in total. The third-order valence-electron chi connectivity index (χ3n) is 1.77. The van der Waals surface area contributed by atoms with E-state index < -0.39 is 0 Å². The van der Waals surface area contributed by atoms with E-state index in [1.165, 1.54) is 0 Å². The average Bonchev–Trinajstić information content (AvgIpc) is 2.13. The predicted octanol–water partition coefficient (Wildman–Crippen LogP) is 1.42. The standard InChI is InChI=1S/C9H11I2N3O/c10-6-3-5(1-2-14-9(12)13)4-7(11)8(6)15/h3-4,15H,1-2H2,(H4,12,13,14). The van der Waals surface area contributed by atoms with Crippen molar-refractivity contribution in [3.63, 3.8) is 0 Å². The Morgan fingerprint density at radius 2 is 1.80 bits per heavy atom. The first-order valence-corrected chi connectivity index (χ1v) is 6.38. The SMILES string of the molecule is NC(N)=NCCc1cc(I)c(O)c(I)c1. The van der Waals surface area contributed by atoms with E-state index in [0.29, 0.717) is 12.3 Å². The Balaban J connectivity index is 2.75. The molecule has 4 nitrogen and oxygen atoms in total. The first-order valence-electron chi connectivity index (χ1n) is 4.23.